The lowest BCUT2D eigenvalue weighted by Gasteiger charge is -2.41. The summed E-state index contributed by atoms with van der Waals surface area (Å²) < 4.78 is 5.47. The van der Waals surface area contributed by atoms with E-state index in [4.69, 9.17) is 10.5 Å². The molecule has 3 rings (SSSR count). The van der Waals surface area contributed by atoms with Crippen LogP contribution in [0.5, 0.6) is 0 Å². The normalized spacial score (nSPS) is 21.8. The average Bonchev–Trinajstić information content (AvgIpc) is 3.06. The Kier molecular flexibility index (Phi) is 3.79. The van der Waals surface area contributed by atoms with Crippen molar-refractivity contribution < 1.29 is 9.53 Å². The molecule has 0 radical (unpaired) electrons. The SMILES string of the molecule is CC1(C)COCCN1C(=O)c1sc(N2CCCC2)nc1N. The van der Waals surface area contributed by atoms with Crippen molar-refractivity contribution in [2.24, 2.45) is 0 Å². The minimum Gasteiger partial charge on any atom is -0.382 e. The Labute approximate surface area is 128 Å². The Morgan fingerprint density at radius 3 is 2.71 bits per heavy atom. The van der Waals surface area contributed by atoms with Gasteiger partial charge in [-0.2, -0.15) is 0 Å². The number of hydrogen-bond donors (Lipinski definition) is 1. The van der Waals surface area contributed by atoms with E-state index in [-0.39, 0.29) is 11.4 Å². The summed E-state index contributed by atoms with van der Waals surface area (Å²) in [6.07, 6.45) is 2.36. The lowest BCUT2D eigenvalue weighted by molar-refractivity contribution is -0.0368. The number of carbonyl (C=O) groups is 1. The monoisotopic (exact) mass is 310 g/mol. The van der Waals surface area contributed by atoms with Gasteiger partial charge in [0.15, 0.2) is 5.13 Å². The van der Waals surface area contributed by atoms with Gasteiger partial charge in [-0.25, -0.2) is 4.98 Å². The standard InChI is InChI=1S/C14H22N4O2S/c1-14(2)9-20-8-7-18(14)12(19)10-11(15)16-13(21-10)17-5-3-4-6-17/h3-9,15H2,1-2H3. The maximum absolute atomic E-state index is 12.8. The highest BCUT2D eigenvalue weighted by Gasteiger charge is 2.36. The summed E-state index contributed by atoms with van der Waals surface area (Å²) in [5, 5.41) is 0.874. The molecule has 0 saturated carbocycles. The van der Waals surface area contributed by atoms with Gasteiger partial charge in [-0.1, -0.05) is 11.3 Å². The molecular formula is C14H22N4O2S. The number of ether oxygens (including phenoxy) is 1. The highest BCUT2D eigenvalue weighted by atomic mass is 32.1. The van der Waals surface area contributed by atoms with E-state index in [1.807, 2.05) is 18.7 Å². The van der Waals surface area contributed by atoms with Gasteiger partial charge in [0.1, 0.15) is 10.7 Å². The highest BCUT2D eigenvalue weighted by Crippen LogP contribution is 2.33. The number of nitrogens with zero attached hydrogens (tertiary/aromatic N) is 3. The van der Waals surface area contributed by atoms with E-state index in [1.165, 1.54) is 24.2 Å². The Hall–Kier alpha value is -1.34. The molecular weight excluding hydrogens is 288 g/mol. The molecule has 2 saturated heterocycles. The fourth-order valence-electron chi connectivity index (χ4n) is 2.87. The molecule has 1 amide bonds. The summed E-state index contributed by atoms with van der Waals surface area (Å²) in [7, 11) is 0. The van der Waals surface area contributed by atoms with Crippen LogP contribution in [0.2, 0.25) is 0 Å². The summed E-state index contributed by atoms with van der Waals surface area (Å²) in [6, 6.07) is 0. The van der Waals surface area contributed by atoms with Gasteiger partial charge in [-0.3, -0.25) is 4.79 Å². The predicted octanol–water partition coefficient (Wildman–Crippen LogP) is 1.58. The van der Waals surface area contributed by atoms with Gasteiger partial charge in [0, 0.05) is 19.6 Å². The number of nitrogen functional groups attached to an aromatic ring is 1. The van der Waals surface area contributed by atoms with Crippen molar-refractivity contribution >= 4 is 28.2 Å². The Morgan fingerprint density at radius 1 is 1.33 bits per heavy atom. The second-order valence-corrected chi connectivity index (χ2v) is 7.20. The Bertz CT molecular complexity index is 537. The third-order valence-electron chi connectivity index (χ3n) is 4.10. The van der Waals surface area contributed by atoms with Crippen LogP contribution in [-0.4, -0.2) is 54.2 Å². The van der Waals surface area contributed by atoms with Crippen LogP contribution in [0.3, 0.4) is 0 Å². The lowest BCUT2D eigenvalue weighted by Crippen LogP contribution is -2.55. The molecule has 0 atom stereocenters. The molecule has 1 aromatic heterocycles. The van der Waals surface area contributed by atoms with E-state index in [1.54, 1.807) is 0 Å². The zero-order valence-corrected chi connectivity index (χ0v) is 13.4. The van der Waals surface area contributed by atoms with Gasteiger partial charge in [-0.15, -0.1) is 0 Å². The first-order valence-corrected chi connectivity index (χ1v) is 8.22. The fourth-order valence-corrected chi connectivity index (χ4v) is 3.86. The number of carbonyl (C=O) groups excluding carboxylic acids is 1. The summed E-state index contributed by atoms with van der Waals surface area (Å²) in [4.78, 5) is 21.8. The first-order valence-electron chi connectivity index (χ1n) is 7.40. The zero-order valence-electron chi connectivity index (χ0n) is 12.6. The summed E-state index contributed by atoms with van der Waals surface area (Å²) in [5.74, 6) is 0.331. The van der Waals surface area contributed by atoms with Crippen molar-refractivity contribution in [1.29, 1.82) is 0 Å². The van der Waals surface area contributed by atoms with Crippen LogP contribution >= 0.6 is 11.3 Å². The van der Waals surface area contributed by atoms with Crippen LogP contribution < -0.4 is 10.6 Å². The molecule has 3 heterocycles. The molecule has 0 bridgehead atoms. The molecule has 0 aromatic carbocycles. The second kappa shape index (κ2) is 5.46. The molecule has 0 unspecified atom stereocenters. The van der Waals surface area contributed by atoms with Crippen LogP contribution in [0.15, 0.2) is 0 Å². The van der Waals surface area contributed by atoms with Gasteiger partial charge in [-0.05, 0) is 26.7 Å². The quantitative estimate of drug-likeness (QED) is 0.898. The number of morpholine rings is 1. The van der Waals surface area contributed by atoms with Crippen molar-refractivity contribution in [3.8, 4) is 0 Å². The van der Waals surface area contributed by atoms with E-state index < -0.39 is 0 Å². The van der Waals surface area contributed by atoms with Gasteiger partial charge in [0.2, 0.25) is 0 Å². The molecule has 2 aliphatic rings. The maximum Gasteiger partial charge on any atom is 0.268 e. The molecule has 116 valence electrons. The van der Waals surface area contributed by atoms with Crippen LogP contribution in [0.25, 0.3) is 0 Å². The summed E-state index contributed by atoms with van der Waals surface area (Å²) in [6.45, 7) is 7.77. The third kappa shape index (κ3) is 2.72. The van der Waals surface area contributed by atoms with Crippen LogP contribution in [0.1, 0.15) is 36.4 Å². The molecule has 6 nitrogen and oxygen atoms in total. The molecule has 2 fully saturated rings. The number of aromatic nitrogens is 1. The fraction of sp³-hybridized carbons (Fsp3) is 0.714. The van der Waals surface area contributed by atoms with E-state index in [2.05, 4.69) is 9.88 Å². The van der Waals surface area contributed by atoms with Gasteiger partial charge >= 0.3 is 0 Å². The van der Waals surface area contributed by atoms with E-state index in [0.29, 0.717) is 30.5 Å². The summed E-state index contributed by atoms with van der Waals surface area (Å²) in [5.41, 5.74) is 5.69. The molecule has 2 aliphatic heterocycles. The van der Waals surface area contributed by atoms with Crippen LogP contribution in [0, 0.1) is 0 Å². The zero-order chi connectivity index (χ0) is 15.0. The molecule has 2 N–H and O–H groups in total. The van der Waals surface area contributed by atoms with Crippen molar-refractivity contribution in [3.63, 3.8) is 0 Å². The van der Waals surface area contributed by atoms with Crippen molar-refractivity contribution in [1.82, 2.24) is 9.88 Å². The maximum atomic E-state index is 12.8. The van der Waals surface area contributed by atoms with E-state index >= 15 is 0 Å². The topological polar surface area (TPSA) is 71.7 Å². The number of amides is 1. The lowest BCUT2D eigenvalue weighted by atomic mass is 10.0. The number of hydrogen-bond acceptors (Lipinski definition) is 6. The average molecular weight is 310 g/mol. The number of nitrogens with two attached hydrogens (primary N) is 1. The molecule has 0 spiro atoms. The van der Waals surface area contributed by atoms with Crippen molar-refractivity contribution in [2.45, 2.75) is 32.2 Å². The number of thiazole rings is 1. The van der Waals surface area contributed by atoms with Crippen LogP contribution in [0.4, 0.5) is 10.9 Å². The van der Waals surface area contributed by atoms with E-state index in [9.17, 15) is 4.79 Å². The van der Waals surface area contributed by atoms with Gasteiger partial charge in [0.25, 0.3) is 5.91 Å². The second-order valence-electron chi connectivity index (χ2n) is 6.23. The third-order valence-corrected chi connectivity index (χ3v) is 5.22. The minimum absolute atomic E-state index is 0.0243. The minimum atomic E-state index is -0.306. The van der Waals surface area contributed by atoms with Crippen LogP contribution in [-0.2, 0) is 4.74 Å². The Morgan fingerprint density at radius 2 is 2.05 bits per heavy atom. The first-order chi connectivity index (χ1) is 9.99. The first kappa shape index (κ1) is 14.6. The number of anilines is 2. The largest absolute Gasteiger partial charge is 0.382 e. The Balaban J connectivity index is 1.84. The summed E-state index contributed by atoms with van der Waals surface area (Å²) >= 11 is 1.42. The molecule has 1 aromatic rings. The molecule has 21 heavy (non-hydrogen) atoms. The van der Waals surface area contributed by atoms with Gasteiger partial charge < -0.3 is 20.3 Å². The van der Waals surface area contributed by atoms with Gasteiger partial charge in [0.05, 0.1) is 18.8 Å². The number of rotatable bonds is 2. The molecule has 7 heteroatoms. The van der Waals surface area contributed by atoms with Crippen molar-refractivity contribution in [3.05, 3.63) is 4.88 Å². The highest BCUT2D eigenvalue weighted by molar-refractivity contribution is 7.18. The predicted molar refractivity (Wildman–Crippen MR) is 83.9 cm³/mol. The van der Waals surface area contributed by atoms with Crippen molar-refractivity contribution in [2.75, 3.05) is 43.5 Å². The van der Waals surface area contributed by atoms with E-state index in [0.717, 1.165) is 18.2 Å². The smallest absolute Gasteiger partial charge is 0.268 e. The molecule has 0 aliphatic carbocycles.